The fourth-order valence-electron chi connectivity index (χ4n) is 2.16. The second kappa shape index (κ2) is 8.11. The molecule has 0 aliphatic rings. The number of thiophene rings is 1. The van der Waals surface area contributed by atoms with Crippen LogP contribution in [0.4, 0.5) is 16.2 Å². The van der Waals surface area contributed by atoms with E-state index in [0.29, 0.717) is 17.1 Å². The zero-order valence-electron chi connectivity index (χ0n) is 14.3. The molecular formula is C18H18N4O2S2. The molecule has 3 N–H and O–H groups in total. The van der Waals surface area contributed by atoms with Gasteiger partial charge in [0.1, 0.15) is 10.7 Å². The predicted molar refractivity (Wildman–Crippen MR) is 107 cm³/mol. The first-order valence-corrected chi connectivity index (χ1v) is 9.80. The molecule has 8 heteroatoms. The Hall–Kier alpha value is -2.71. The number of hydrogen-bond acceptors (Lipinski definition) is 5. The summed E-state index contributed by atoms with van der Waals surface area (Å²) in [5, 5.41) is 14.8. The summed E-state index contributed by atoms with van der Waals surface area (Å²) in [7, 11) is 0. The van der Waals surface area contributed by atoms with Crippen LogP contribution in [0.2, 0.25) is 0 Å². The number of benzene rings is 1. The van der Waals surface area contributed by atoms with Gasteiger partial charge in [-0.25, -0.2) is 9.78 Å². The lowest BCUT2D eigenvalue weighted by Gasteiger charge is -2.10. The van der Waals surface area contributed by atoms with E-state index in [9.17, 15) is 9.59 Å². The average molecular weight is 387 g/mol. The smallest absolute Gasteiger partial charge is 0.319 e. The number of anilines is 2. The highest BCUT2D eigenvalue weighted by Crippen LogP contribution is 2.26. The number of nitrogens with zero attached hydrogens (tertiary/aromatic N) is 1. The second-order valence-electron chi connectivity index (χ2n) is 5.83. The van der Waals surface area contributed by atoms with Crippen molar-refractivity contribution in [1.29, 1.82) is 0 Å². The van der Waals surface area contributed by atoms with Gasteiger partial charge < -0.3 is 16.0 Å². The van der Waals surface area contributed by atoms with Crippen LogP contribution in [0.5, 0.6) is 0 Å². The summed E-state index contributed by atoms with van der Waals surface area (Å²) >= 11 is 3.04. The van der Waals surface area contributed by atoms with Gasteiger partial charge in [0, 0.05) is 33.7 Å². The van der Waals surface area contributed by atoms with Gasteiger partial charge in [0.05, 0.1) is 0 Å². The van der Waals surface area contributed by atoms with Gasteiger partial charge in [0.15, 0.2) is 0 Å². The molecule has 0 bridgehead atoms. The number of thiazole rings is 1. The molecule has 0 fully saturated rings. The molecule has 134 valence electrons. The maximum atomic E-state index is 12.3. The Morgan fingerprint density at radius 3 is 2.31 bits per heavy atom. The first kappa shape index (κ1) is 18.1. The van der Waals surface area contributed by atoms with Gasteiger partial charge in [-0.15, -0.1) is 11.3 Å². The lowest BCUT2D eigenvalue weighted by Crippen LogP contribution is -2.34. The maximum absolute atomic E-state index is 12.3. The van der Waals surface area contributed by atoms with Crippen LogP contribution in [-0.2, 0) is 0 Å². The number of hydrogen-bond donors (Lipinski definition) is 3. The molecule has 2 aromatic heterocycles. The van der Waals surface area contributed by atoms with E-state index in [2.05, 4.69) is 20.9 Å². The van der Waals surface area contributed by atoms with E-state index in [1.807, 2.05) is 30.7 Å². The number of amides is 3. The summed E-state index contributed by atoms with van der Waals surface area (Å²) in [5.74, 6) is -0.263. The van der Waals surface area contributed by atoms with Crippen LogP contribution in [0.15, 0.2) is 46.5 Å². The monoisotopic (exact) mass is 386 g/mol. The third-order valence-corrected chi connectivity index (χ3v) is 4.90. The predicted octanol–water partition coefficient (Wildman–Crippen LogP) is 4.65. The summed E-state index contributed by atoms with van der Waals surface area (Å²) in [6.45, 7) is 3.78. The highest BCUT2D eigenvalue weighted by atomic mass is 32.1. The Morgan fingerprint density at radius 1 is 1.00 bits per heavy atom. The molecule has 0 saturated carbocycles. The number of aromatic nitrogens is 1. The van der Waals surface area contributed by atoms with Gasteiger partial charge in [-0.3, -0.25) is 4.79 Å². The molecule has 3 aromatic rings. The van der Waals surface area contributed by atoms with Gasteiger partial charge >= 0.3 is 6.03 Å². The van der Waals surface area contributed by atoms with Crippen molar-refractivity contribution in [2.24, 2.45) is 0 Å². The Kier molecular flexibility index (Phi) is 5.65. The molecular weight excluding hydrogens is 368 g/mol. The van der Waals surface area contributed by atoms with E-state index < -0.39 is 0 Å². The van der Waals surface area contributed by atoms with Crippen molar-refractivity contribution in [3.05, 3.63) is 52.2 Å². The fraction of sp³-hybridized carbons (Fsp3) is 0.167. The highest BCUT2D eigenvalue weighted by Gasteiger charge is 2.12. The third kappa shape index (κ3) is 4.68. The Labute approximate surface area is 159 Å². The topological polar surface area (TPSA) is 83.1 Å². The molecule has 0 aliphatic carbocycles. The van der Waals surface area contributed by atoms with E-state index >= 15 is 0 Å². The first-order chi connectivity index (χ1) is 12.5. The minimum absolute atomic E-state index is 0.0608. The number of urea groups is 1. The van der Waals surface area contributed by atoms with Crippen LogP contribution in [0.3, 0.4) is 0 Å². The summed E-state index contributed by atoms with van der Waals surface area (Å²) in [6.07, 6.45) is 0. The molecule has 0 unspecified atom stereocenters. The largest absolute Gasteiger partial charge is 0.336 e. The summed E-state index contributed by atoms with van der Waals surface area (Å²) in [4.78, 5) is 28.4. The van der Waals surface area contributed by atoms with E-state index in [1.165, 1.54) is 11.3 Å². The van der Waals surface area contributed by atoms with Crippen molar-refractivity contribution in [2.45, 2.75) is 19.9 Å². The van der Waals surface area contributed by atoms with Crippen molar-refractivity contribution in [2.75, 3.05) is 10.6 Å². The van der Waals surface area contributed by atoms with E-state index in [0.717, 1.165) is 10.6 Å². The van der Waals surface area contributed by atoms with Crippen LogP contribution >= 0.6 is 22.7 Å². The van der Waals surface area contributed by atoms with Crippen molar-refractivity contribution in [3.8, 4) is 10.6 Å². The van der Waals surface area contributed by atoms with Crippen molar-refractivity contribution < 1.29 is 9.59 Å². The van der Waals surface area contributed by atoms with Crippen LogP contribution in [0, 0.1) is 0 Å². The van der Waals surface area contributed by atoms with Gasteiger partial charge in [-0.2, -0.15) is 11.3 Å². The lowest BCUT2D eigenvalue weighted by molar-refractivity contribution is 0.102. The number of carbonyl (C=O) groups excluding carboxylic acids is 2. The molecule has 1 aromatic carbocycles. The zero-order chi connectivity index (χ0) is 18.5. The molecule has 26 heavy (non-hydrogen) atoms. The SMILES string of the molecule is CC(C)NC(=O)Nc1ccc(NC(=O)c2csc(-c3ccsc3)n2)cc1. The zero-order valence-corrected chi connectivity index (χ0v) is 15.9. The maximum Gasteiger partial charge on any atom is 0.319 e. The summed E-state index contributed by atoms with van der Waals surface area (Å²) in [5.41, 5.74) is 2.69. The van der Waals surface area contributed by atoms with E-state index in [4.69, 9.17) is 0 Å². The number of carbonyl (C=O) groups is 2. The normalized spacial score (nSPS) is 10.6. The lowest BCUT2D eigenvalue weighted by atomic mass is 10.2. The molecule has 0 spiro atoms. The number of nitrogens with one attached hydrogen (secondary N) is 3. The van der Waals surface area contributed by atoms with Crippen molar-refractivity contribution in [1.82, 2.24) is 10.3 Å². The van der Waals surface area contributed by atoms with Gasteiger partial charge in [-0.05, 0) is 49.6 Å². The standard InChI is InChI=1S/C18H18N4O2S2/c1-11(2)19-18(24)21-14-5-3-13(4-6-14)20-16(23)15-10-26-17(22-15)12-7-8-25-9-12/h3-11H,1-2H3,(H,20,23)(H2,19,21,24). The molecule has 6 nitrogen and oxygen atoms in total. The number of rotatable bonds is 5. The Bertz CT molecular complexity index is 886. The fourth-order valence-corrected chi connectivity index (χ4v) is 3.67. The third-order valence-electron chi connectivity index (χ3n) is 3.33. The molecule has 3 amide bonds. The molecule has 0 saturated heterocycles. The summed E-state index contributed by atoms with van der Waals surface area (Å²) < 4.78 is 0. The van der Waals surface area contributed by atoms with Crippen LogP contribution < -0.4 is 16.0 Å². The van der Waals surface area contributed by atoms with E-state index in [1.54, 1.807) is 41.0 Å². The van der Waals surface area contributed by atoms with Crippen LogP contribution in [0.25, 0.3) is 10.6 Å². The van der Waals surface area contributed by atoms with Crippen molar-refractivity contribution >= 4 is 46.0 Å². The van der Waals surface area contributed by atoms with Gasteiger partial charge in [-0.1, -0.05) is 0 Å². The van der Waals surface area contributed by atoms with Crippen molar-refractivity contribution in [3.63, 3.8) is 0 Å². The second-order valence-corrected chi connectivity index (χ2v) is 7.47. The molecule has 0 radical (unpaired) electrons. The molecule has 2 heterocycles. The minimum atomic E-state index is -0.264. The first-order valence-electron chi connectivity index (χ1n) is 7.98. The van der Waals surface area contributed by atoms with E-state index in [-0.39, 0.29) is 18.0 Å². The minimum Gasteiger partial charge on any atom is -0.336 e. The van der Waals surface area contributed by atoms with Gasteiger partial charge in [0.2, 0.25) is 0 Å². The molecule has 0 aliphatic heterocycles. The Morgan fingerprint density at radius 2 is 1.69 bits per heavy atom. The summed E-state index contributed by atoms with van der Waals surface area (Å²) in [6, 6.07) is 8.70. The molecule has 3 rings (SSSR count). The Balaban J connectivity index is 1.60. The molecule has 0 atom stereocenters. The van der Waals surface area contributed by atoms with Crippen LogP contribution in [-0.4, -0.2) is 23.0 Å². The highest BCUT2D eigenvalue weighted by molar-refractivity contribution is 7.14. The van der Waals surface area contributed by atoms with Gasteiger partial charge in [0.25, 0.3) is 5.91 Å². The quantitative estimate of drug-likeness (QED) is 0.597. The van der Waals surface area contributed by atoms with Crippen LogP contribution in [0.1, 0.15) is 24.3 Å². The average Bonchev–Trinajstić information content (AvgIpc) is 3.27.